The molecule has 1 atom stereocenters. The number of amides is 2. The number of piperazine rings is 1. The van der Waals surface area contributed by atoms with Gasteiger partial charge in [-0.15, -0.1) is 0 Å². The van der Waals surface area contributed by atoms with Crippen molar-refractivity contribution in [2.75, 3.05) is 25.0 Å². The molecule has 2 aromatic carbocycles. The molecule has 1 heterocycles. The van der Waals surface area contributed by atoms with Gasteiger partial charge in [0.1, 0.15) is 5.60 Å². The Morgan fingerprint density at radius 2 is 1.97 bits per heavy atom. The number of nitrogens with one attached hydrogen (secondary N) is 1. The van der Waals surface area contributed by atoms with Crippen LogP contribution < -0.4 is 5.32 Å². The predicted molar refractivity (Wildman–Crippen MR) is 133 cm³/mol. The summed E-state index contributed by atoms with van der Waals surface area (Å²) in [6.07, 6.45) is 1.47. The third-order valence-corrected chi connectivity index (χ3v) is 5.64. The van der Waals surface area contributed by atoms with Crippen LogP contribution in [0.25, 0.3) is 6.08 Å². The van der Waals surface area contributed by atoms with Crippen molar-refractivity contribution in [3.8, 4) is 6.07 Å². The Morgan fingerprint density at radius 1 is 1.24 bits per heavy atom. The van der Waals surface area contributed by atoms with Crippen LogP contribution in [0.1, 0.15) is 54.7 Å². The molecule has 0 aliphatic carbocycles. The summed E-state index contributed by atoms with van der Waals surface area (Å²) < 4.78 is 5.54. The highest BCUT2D eigenvalue weighted by Crippen LogP contribution is 2.25. The van der Waals surface area contributed by atoms with E-state index in [1.165, 1.54) is 0 Å². The predicted octanol–water partition coefficient (Wildman–Crippen LogP) is 4.89. The van der Waals surface area contributed by atoms with Gasteiger partial charge < -0.3 is 15.0 Å². The molecular weight excluding hydrogens is 428 g/mol. The van der Waals surface area contributed by atoms with Crippen molar-refractivity contribution in [3.05, 3.63) is 71.3 Å². The fraction of sp³-hybridized carbons (Fsp3) is 0.370. The highest BCUT2D eigenvalue weighted by Gasteiger charge is 2.31. The molecule has 178 valence electrons. The molecule has 0 radical (unpaired) electrons. The van der Waals surface area contributed by atoms with Crippen LogP contribution in [0.5, 0.6) is 0 Å². The molecule has 7 heteroatoms. The minimum absolute atomic E-state index is 0.0195. The Kier molecular flexibility index (Phi) is 7.75. The van der Waals surface area contributed by atoms with E-state index in [2.05, 4.69) is 22.9 Å². The third kappa shape index (κ3) is 6.24. The topological polar surface area (TPSA) is 85.7 Å². The molecule has 2 amide bonds. The Hall–Kier alpha value is -3.63. The average molecular weight is 461 g/mol. The first kappa shape index (κ1) is 25.0. The van der Waals surface area contributed by atoms with Gasteiger partial charge in [0.15, 0.2) is 0 Å². The van der Waals surface area contributed by atoms with Crippen LogP contribution in [0, 0.1) is 11.3 Å². The van der Waals surface area contributed by atoms with Crippen molar-refractivity contribution >= 4 is 23.8 Å². The molecule has 2 aromatic rings. The molecule has 0 saturated carbocycles. The molecule has 0 unspecified atom stereocenters. The van der Waals surface area contributed by atoms with Gasteiger partial charge in [-0.25, -0.2) is 4.79 Å². The van der Waals surface area contributed by atoms with Crippen LogP contribution in [0.3, 0.4) is 0 Å². The van der Waals surface area contributed by atoms with E-state index in [9.17, 15) is 9.59 Å². The van der Waals surface area contributed by atoms with Gasteiger partial charge in [-0.2, -0.15) is 5.26 Å². The van der Waals surface area contributed by atoms with E-state index >= 15 is 0 Å². The summed E-state index contributed by atoms with van der Waals surface area (Å²) in [5.41, 5.74) is 2.90. The molecule has 7 nitrogen and oxygen atoms in total. The zero-order valence-electron chi connectivity index (χ0n) is 20.3. The van der Waals surface area contributed by atoms with Gasteiger partial charge in [0.25, 0.3) is 5.91 Å². The van der Waals surface area contributed by atoms with Crippen molar-refractivity contribution in [3.63, 3.8) is 0 Å². The number of rotatable bonds is 5. The fourth-order valence-corrected chi connectivity index (χ4v) is 4.03. The van der Waals surface area contributed by atoms with Crippen LogP contribution in [-0.4, -0.2) is 53.1 Å². The number of ether oxygens (including phenoxy) is 1. The molecule has 1 fully saturated rings. The number of anilines is 1. The minimum Gasteiger partial charge on any atom is -0.444 e. The number of hydrogen-bond acceptors (Lipinski definition) is 5. The number of hydrogen-bond donors (Lipinski definition) is 1. The highest BCUT2D eigenvalue weighted by molar-refractivity contribution is 6.05. The number of carbonyl (C=O) groups is 2. The number of carbonyl (C=O) groups excluding carboxylic acids is 2. The fourth-order valence-electron chi connectivity index (χ4n) is 4.03. The quantitative estimate of drug-likeness (QED) is 0.686. The van der Waals surface area contributed by atoms with Crippen LogP contribution in [0.2, 0.25) is 0 Å². The second kappa shape index (κ2) is 10.5. The van der Waals surface area contributed by atoms with Gasteiger partial charge in [-0.3, -0.25) is 9.69 Å². The number of nitriles is 1. The molecule has 34 heavy (non-hydrogen) atoms. The molecule has 1 aliphatic rings. The van der Waals surface area contributed by atoms with E-state index in [4.69, 9.17) is 10.00 Å². The van der Waals surface area contributed by atoms with E-state index in [0.717, 1.165) is 17.7 Å². The van der Waals surface area contributed by atoms with Crippen molar-refractivity contribution < 1.29 is 14.3 Å². The Bertz CT molecular complexity index is 1110. The maximum absolute atomic E-state index is 12.8. The summed E-state index contributed by atoms with van der Waals surface area (Å²) in [4.78, 5) is 29.4. The van der Waals surface area contributed by atoms with Gasteiger partial charge in [0.05, 0.1) is 11.6 Å². The van der Waals surface area contributed by atoms with Crippen LogP contribution >= 0.6 is 0 Å². The van der Waals surface area contributed by atoms with Gasteiger partial charge >= 0.3 is 6.09 Å². The van der Waals surface area contributed by atoms with Gasteiger partial charge in [0.2, 0.25) is 0 Å². The Labute approximate surface area is 201 Å². The Balaban J connectivity index is 1.70. The number of benzene rings is 2. The largest absolute Gasteiger partial charge is 0.444 e. The lowest BCUT2D eigenvalue weighted by Crippen LogP contribution is -2.54. The third-order valence-electron chi connectivity index (χ3n) is 5.64. The zero-order valence-corrected chi connectivity index (χ0v) is 20.3. The van der Waals surface area contributed by atoms with Gasteiger partial charge in [0, 0.05) is 49.0 Å². The second-order valence-corrected chi connectivity index (χ2v) is 9.49. The van der Waals surface area contributed by atoms with Crippen LogP contribution in [0.4, 0.5) is 10.5 Å². The first-order valence-electron chi connectivity index (χ1n) is 11.4. The SMILES string of the molecule is C=Cc1c(CN2CCN(C(=O)OC(C)(C)C)[C@@H](C)C2)cccc1NC(=O)c1cccc(C#N)c1. The van der Waals surface area contributed by atoms with E-state index < -0.39 is 5.60 Å². The zero-order chi connectivity index (χ0) is 24.9. The summed E-state index contributed by atoms with van der Waals surface area (Å²) in [7, 11) is 0. The van der Waals surface area contributed by atoms with E-state index in [1.54, 1.807) is 35.2 Å². The minimum atomic E-state index is -0.520. The van der Waals surface area contributed by atoms with E-state index in [0.29, 0.717) is 36.4 Å². The molecule has 0 spiro atoms. The Morgan fingerprint density at radius 3 is 2.62 bits per heavy atom. The van der Waals surface area contributed by atoms with Gasteiger partial charge in [-0.05, 0) is 57.5 Å². The molecule has 0 aromatic heterocycles. The second-order valence-electron chi connectivity index (χ2n) is 9.49. The van der Waals surface area contributed by atoms with Crippen LogP contribution in [0.15, 0.2) is 49.0 Å². The smallest absolute Gasteiger partial charge is 0.410 e. The summed E-state index contributed by atoms with van der Waals surface area (Å²) >= 11 is 0. The molecule has 1 saturated heterocycles. The van der Waals surface area contributed by atoms with Crippen molar-refractivity contribution in [1.29, 1.82) is 5.26 Å². The van der Waals surface area contributed by atoms with Crippen molar-refractivity contribution in [2.24, 2.45) is 0 Å². The lowest BCUT2D eigenvalue weighted by atomic mass is 10.0. The normalized spacial score (nSPS) is 16.4. The molecule has 3 rings (SSSR count). The summed E-state index contributed by atoms with van der Waals surface area (Å²) in [5, 5.41) is 12.0. The van der Waals surface area contributed by atoms with Crippen molar-refractivity contribution in [1.82, 2.24) is 9.80 Å². The lowest BCUT2D eigenvalue weighted by molar-refractivity contribution is 0.000550. The first-order valence-corrected chi connectivity index (χ1v) is 11.4. The molecule has 1 aliphatic heterocycles. The first-order chi connectivity index (χ1) is 16.1. The summed E-state index contributed by atoms with van der Waals surface area (Å²) in [6.45, 7) is 14.3. The lowest BCUT2D eigenvalue weighted by Gasteiger charge is -2.40. The highest BCUT2D eigenvalue weighted by atomic mass is 16.6. The van der Waals surface area contributed by atoms with Gasteiger partial charge in [-0.1, -0.05) is 30.9 Å². The molecule has 0 bridgehead atoms. The maximum Gasteiger partial charge on any atom is 0.410 e. The van der Waals surface area contributed by atoms with Crippen molar-refractivity contribution in [2.45, 2.75) is 45.9 Å². The van der Waals surface area contributed by atoms with E-state index in [-0.39, 0.29) is 18.0 Å². The van der Waals surface area contributed by atoms with Crippen LogP contribution in [-0.2, 0) is 11.3 Å². The molecular formula is C27H32N4O3. The maximum atomic E-state index is 12.8. The number of nitrogens with zero attached hydrogens (tertiary/aromatic N) is 3. The molecule has 1 N–H and O–H groups in total. The standard InChI is InChI=1S/C27H32N4O3/c1-6-23-22(18-30-13-14-31(19(2)17-30)26(33)34-27(3,4)5)11-8-12-24(23)29-25(32)21-10-7-9-20(15-21)16-28/h6-12,15,19H,1,13-14,17-18H2,2-5H3,(H,29,32)/t19-/m0/s1. The monoisotopic (exact) mass is 460 g/mol. The average Bonchev–Trinajstić information content (AvgIpc) is 2.78. The summed E-state index contributed by atoms with van der Waals surface area (Å²) in [5.74, 6) is -0.281. The summed E-state index contributed by atoms with van der Waals surface area (Å²) in [6, 6.07) is 14.4. The van der Waals surface area contributed by atoms with E-state index in [1.807, 2.05) is 45.9 Å².